The molecule has 0 N–H and O–H groups in total. The zero-order chi connectivity index (χ0) is 18.6. The van der Waals surface area contributed by atoms with Crippen molar-refractivity contribution in [3.05, 3.63) is 42.5 Å². The molecule has 0 saturated carbocycles. The van der Waals surface area contributed by atoms with Gasteiger partial charge in [-0.05, 0) is 42.5 Å². The van der Waals surface area contributed by atoms with Crippen molar-refractivity contribution >= 4 is 5.69 Å². The van der Waals surface area contributed by atoms with Gasteiger partial charge in [0.05, 0.1) is 33.0 Å². The minimum absolute atomic E-state index is 0.387. The zero-order valence-electron chi connectivity index (χ0n) is 15.3. The highest BCUT2D eigenvalue weighted by atomic mass is 16.5. The lowest BCUT2D eigenvalue weighted by atomic mass is 10.2. The summed E-state index contributed by atoms with van der Waals surface area (Å²) in [5, 5.41) is 8.37. The Bertz CT molecular complexity index is 902. The second-order valence-corrected chi connectivity index (χ2v) is 6.12. The van der Waals surface area contributed by atoms with Crippen molar-refractivity contribution in [2.75, 3.05) is 45.4 Å². The van der Waals surface area contributed by atoms with Crippen molar-refractivity contribution in [3.63, 3.8) is 0 Å². The van der Waals surface area contributed by atoms with E-state index in [0.717, 1.165) is 37.6 Å². The third-order valence-corrected chi connectivity index (χ3v) is 4.55. The summed E-state index contributed by atoms with van der Waals surface area (Å²) in [7, 11) is 3.22. The Labute approximate surface area is 157 Å². The van der Waals surface area contributed by atoms with E-state index in [-0.39, 0.29) is 0 Å². The van der Waals surface area contributed by atoms with Crippen molar-refractivity contribution in [2.45, 2.75) is 0 Å². The highest BCUT2D eigenvalue weighted by Gasteiger charge is 2.16. The van der Waals surface area contributed by atoms with Crippen LogP contribution in [0.5, 0.6) is 11.5 Å². The van der Waals surface area contributed by atoms with Gasteiger partial charge in [0, 0.05) is 24.3 Å². The minimum atomic E-state index is 0.387. The molecule has 1 aliphatic rings. The van der Waals surface area contributed by atoms with Crippen LogP contribution < -0.4 is 14.4 Å². The summed E-state index contributed by atoms with van der Waals surface area (Å²) in [6.07, 6.45) is 0. The maximum Gasteiger partial charge on any atom is 0.252 e. The normalized spacial score (nSPS) is 14.2. The van der Waals surface area contributed by atoms with Crippen LogP contribution >= 0.6 is 0 Å². The van der Waals surface area contributed by atoms with Crippen LogP contribution in [0.25, 0.3) is 22.9 Å². The van der Waals surface area contributed by atoms with E-state index in [0.29, 0.717) is 28.8 Å². The smallest absolute Gasteiger partial charge is 0.252 e. The standard InChI is InChI=1S/C20H21N3O4/c1-24-16-7-8-18(25-2)17(13-16)20-22-21-19(27-20)14-3-5-15(6-4-14)23-9-11-26-12-10-23/h3-8,13H,9-12H2,1-2H3. The van der Waals surface area contributed by atoms with Gasteiger partial charge in [-0.15, -0.1) is 10.2 Å². The number of hydrogen-bond donors (Lipinski definition) is 0. The molecule has 0 bridgehead atoms. The number of methoxy groups -OCH3 is 2. The predicted molar refractivity (Wildman–Crippen MR) is 101 cm³/mol. The van der Waals surface area contributed by atoms with Gasteiger partial charge in [0.25, 0.3) is 5.89 Å². The van der Waals surface area contributed by atoms with Crippen molar-refractivity contribution < 1.29 is 18.6 Å². The van der Waals surface area contributed by atoms with Crippen molar-refractivity contribution in [1.29, 1.82) is 0 Å². The summed E-state index contributed by atoms with van der Waals surface area (Å²) >= 11 is 0. The molecule has 27 heavy (non-hydrogen) atoms. The number of rotatable bonds is 5. The maximum atomic E-state index is 5.89. The van der Waals surface area contributed by atoms with Gasteiger partial charge in [0.1, 0.15) is 11.5 Å². The first-order valence-corrected chi connectivity index (χ1v) is 8.77. The van der Waals surface area contributed by atoms with Crippen LogP contribution in [0.3, 0.4) is 0 Å². The third-order valence-electron chi connectivity index (χ3n) is 4.55. The minimum Gasteiger partial charge on any atom is -0.497 e. The van der Waals surface area contributed by atoms with Crippen LogP contribution in [0.4, 0.5) is 5.69 Å². The molecule has 2 heterocycles. The Hall–Kier alpha value is -3.06. The molecule has 0 spiro atoms. The molecule has 1 saturated heterocycles. The fraction of sp³-hybridized carbons (Fsp3) is 0.300. The lowest BCUT2D eigenvalue weighted by Gasteiger charge is -2.28. The van der Waals surface area contributed by atoms with Gasteiger partial charge < -0.3 is 23.5 Å². The van der Waals surface area contributed by atoms with E-state index >= 15 is 0 Å². The summed E-state index contributed by atoms with van der Waals surface area (Å²) in [5.74, 6) is 2.19. The van der Waals surface area contributed by atoms with Gasteiger partial charge in [-0.25, -0.2) is 0 Å². The Kier molecular flexibility index (Phi) is 4.93. The molecular formula is C20H21N3O4. The van der Waals surface area contributed by atoms with E-state index < -0.39 is 0 Å². The highest BCUT2D eigenvalue weighted by molar-refractivity contribution is 5.67. The molecule has 1 fully saturated rings. The van der Waals surface area contributed by atoms with E-state index in [2.05, 4.69) is 27.2 Å². The first-order chi connectivity index (χ1) is 13.3. The number of anilines is 1. The number of ether oxygens (including phenoxy) is 3. The van der Waals surface area contributed by atoms with Gasteiger partial charge >= 0.3 is 0 Å². The SMILES string of the molecule is COc1ccc(OC)c(-c2nnc(-c3ccc(N4CCOCC4)cc3)o2)c1. The Morgan fingerprint density at radius 3 is 2.33 bits per heavy atom. The number of hydrogen-bond acceptors (Lipinski definition) is 7. The van der Waals surface area contributed by atoms with E-state index in [4.69, 9.17) is 18.6 Å². The molecule has 0 aliphatic carbocycles. The predicted octanol–water partition coefficient (Wildman–Crippen LogP) is 3.26. The summed E-state index contributed by atoms with van der Waals surface area (Å²) < 4.78 is 22.0. The van der Waals surface area contributed by atoms with Gasteiger partial charge in [-0.1, -0.05) is 0 Å². The molecule has 2 aromatic carbocycles. The van der Waals surface area contributed by atoms with Crippen molar-refractivity contribution in [1.82, 2.24) is 10.2 Å². The van der Waals surface area contributed by atoms with Crippen molar-refractivity contribution in [3.8, 4) is 34.4 Å². The number of benzene rings is 2. The summed E-state index contributed by atoms with van der Waals surface area (Å²) in [6, 6.07) is 13.6. The Morgan fingerprint density at radius 1 is 0.889 bits per heavy atom. The van der Waals surface area contributed by atoms with Gasteiger partial charge in [-0.3, -0.25) is 0 Å². The molecule has 1 aliphatic heterocycles. The van der Waals surface area contributed by atoms with Crippen LogP contribution in [-0.2, 0) is 4.74 Å². The fourth-order valence-electron chi connectivity index (χ4n) is 3.07. The average Bonchev–Trinajstić information content (AvgIpc) is 3.24. The monoisotopic (exact) mass is 367 g/mol. The zero-order valence-corrected chi connectivity index (χ0v) is 15.3. The second kappa shape index (κ2) is 7.67. The van der Waals surface area contributed by atoms with Gasteiger partial charge in [0.2, 0.25) is 5.89 Å². The van der Waals surface area contributed by atoms with Crippen LogP contribution in [0.1, 0.15) is 0 Å². The molecular weight excluding hydrogens is 346 g/mol. The van der Waals surface area contributed by atoms with E-state index in [9.17, 15) is 0 Å². The van der Waals surface area contributed by atoms with Gasteiger partial charge in [0.15, 0.2) is 0 Å². The molecule has 3 aromatic rings. The summed E-state index contributed by atoms with van der Waals surface area (Å²) in [6.45, 7) is 3.33. The molecule has 0 unspecified atom stereocenters. The summed E-state index contributed by atoms with van der Waals surface area (Å²) in [4.78, 5) is 2.30. The molecule has 4 rings (SSSR count). The first-order valence-electron chi connectivity index (χ1n) is 8.77. The maximum absolute atomic E-state index is 5.89. The fourth-order valence-corrected chi connectivity index (χ4v) is 3.07. The number of morpholine rings is 1. The van der Waals surface area contributed by atoms with E-state index in [1.54, 1.807) is 14.2 Å². The molecule has 0 radical (unpaired) electrons. The van der Waals surface area contributed by atoms with E-state index in [1.807, 2.05) is 30.3 Å². The lowest BCUT2D eigenvalue weighted by Crippen LogP contribution is -2.36. The summed E-state index contributed by atoms with van der Waals surface area (Å²) in [5.41, 5.74) is 2.73. The number of nitrogens with zero attached hydrogens (tertiary/aromatic N) is 3. The molecule has 7 heteroatoms. The molecule has 7 nitrogen and oxygen atoms in total. The van der Waals surface area contributed by atoms with Crippen LogP contribution in [0.15, 0.2) is 46.9 Å². The first kappa shape index (κ1) is 17.4. The van der Waals surface area contributed by atoms with Gasteiger partial charge in [-0.2, -0.15) is 0 Å². The van der Waals surface area contributed by atoms with Crippen LogP contribution in [0, 0.1) is 0 Å². The second-order valence-electron chi connectivity index (χ2n) is 6.12. The Balaban J connectivity index is 1.59. The Morgan fingerprint density at radius 2 is 1.63 bits per heavy atom. The molecule has 1 aromatic heterocycles. The quantitative estimate of drug-likeness (QED) is 0.685. The molecule has 0 atom stereocenters. The topological polar surface area (TPSA) is 69.9 Å². The third kappa shape index (κ3) is 3.59. The number of aromatic nitrogens is 2. The largest absolute Gasteiger partial charge is 0.497 e. The van der Waals surface area contributed by atoms with Crippen LogP contribution in [-0.4, -0.2) is 50.7 Å². The average molecular weight is 367 g/mol. The van der Waals surface area contributed by atoms with Crippen molar-refractivity contribution in [2.24, 2.45) is 0 Å². The molecule has 140 valence electrons. The lowest BCUT2D eigenvalue weighted by molar-refractivity contribution is 0.122. The van der Waals surface area contributed by atoms with E-state index in [1.165, 1.54) is 0 Å². The molecule has 0 amide bonds. The van der Waals surface area contributed by atoms with Crippen LogP contribution in [0.2, 0.25) is 0 Å². The highest BCUT2D eigenvalue weighted by Crippen LogP contribution is 2.34.